The fourth-order valence-electron chi connectivity index (χ4n) is 6.03. The molecule has 0 bridgehead atoms. The van der Waals surface area contributed by atoms with E-state index in [9.17, 15) is 9.59 Å². The first-order chi connectivity index (χ1) is 25.5. The van der Waals surface area contributed by atoms with Gasteiger partial charge in [0.1, 0.15) is 46.0 Å². The molecule has 0 saturated heterocycles. The minimum Gasteiger partial charge on any atom is -0.494 e. The number of benzene rings is 4. The highest BCUT2D eigenvalue weighted by atomic mass is 16.5. The molecule has 0 unspecified atom stereocenters. The molecule has 1 saturated carbocycles. The van der Waals surface area contributed by atoms with Crippen LogP contribution in [0.2, 0.25) is 0 Å². The zero-order chi connectivity index (χ0) is 36.4. The Kier molecular flexibility index (Phi) is 15.3. The quantitative estimate of drug-likeness (QED) is 0.0509. The van der Waals surface area contributed by atoms with Crippen molar-refractivity contribution in [2.75, 3.05) is 13.2 Å². The fraction of sp³-hybridized carbons (Fsp3) is 0.409. The molecule has 276 valence electrons. The lowest BCUT2D eigenvalue weighted by Crippen LogP contribution is -2.30. The third-order valence-electron chi connectivity index (χ3n) is 9.13. The summed E-state index contributed by atoms with van der Waals surface area (Å²) in [7, 11) is 0. The standard InChI is InChI=1S/C44H52O8/c1-3-5-7-9-31-47-35-15-19-37(20-16-35)49-39-23-27-41(28-24-39)51-43(45)33-11-13-34(14-12-33)44(46)52-42-29-25-40(26-30-42)50-38-21-17-36(18-22-38)48-32-10-8-6-4-2/h15-30,33-34H,3-14,31-32H2,1-2H3. The van der Waals surface area contributed by atoms with E-state index in [4.69, 9.17) is 28.4 Å². The Hall–Kier alpha value is -4.98. The molecule has 0 aliphatic heterocycles. The molecular formula is C44H52O8. The number of esters is 2. The van der Waals surface area contributed by atoms with Crippen LogP contribution in [0.5, 0.6) is 46.0 Å². The van der Waals surface area contributed by atoms with Crippen LogP contribution in [0, 0.1) is 11.8 Å². The molecule has 5 rings (SSSR count). The van der Waals surface area contributed by atoms with Crippen LogP contribution in [-0.2, 0) is 9.59 Å². The summed E-state index contributed by atoms with van der Waals surface area (Å²) in [4.78, 5) is 25.8. The van der Waals surface area contributed by atoms with Gasteiger partial charge in [0.25, 0.3) is 0 Å². The molecule has 0 N–H and O–H groups in total. The maximum absolute atomic E-state index is 12.9. The molecular weight excluding hydrogens is 656 g/mol. The van der Waals surface area contributed by atoms with E-state index in [0.29, 0.717) is 73.4 Å². The Morgan fingerprint density at radius 2 is 0.712 bits per heavy atom. The van der Waals surface area contributed by atoms with E-state index in [-0.39, 0.29) is 23.8 Å². The average Bonchev–Trinajstić information content (AvgIpc) is 3.17. The van der Waals surface area contributed by atoms with Crippen molar-refractivity contribution in [2.45, 2.75) is 90.9 Å². The molecule has 0 amide bonds. The van der Waals surface area contributed by atoms with E-state index in [2.05, 4.69) is 13.8 Å². The van der Waals surface area contributed by atoms with E-state index < -0.39 is 0 Å². The van der Waals surface area contributed by atoms with Crippen LogP contribution in [0.15, 0.2) is 97.1 Å². The smallest absolute Gasteiger partial charge is 0.314 e. The first-order valence-electron chi connectivity index (χ1n) is 18.9. The van der Waals surface area contributed by atoms with Crippen LogP contribution in [0.25, 0.3) is 0 Å². The molecule has 1 aliphatic rings. The van der Waals surface area contributed by atoms with Crippen molar-refractivity contribution in [3.63, 3.8) is 0 Å². The highest BCUT2D eigenvalue weighted by Crippen LogP contribution is 2.33. The summed E-state index contributed by atoms with van der Waals surface area (Å²) in [6.07, 6.45) is 11.6. The topological polar surface area (TPSA) is 89.5 Å². The summed E-state index contributed by atoms with van der Waals surface area (Å²) >= 11 is 0. The van der Waals surface area contributed by atoms with Gasteiger partial charge in [0, 0.05) is 0 Å². The summed E-state index contributed by atoms with van der Waals surface area (Å²) in [6.45, 7) is 5.82. The van der Waals surface area contributed by atoms with Crippen molar-refractivity contribution in [2.24, 2.45) is 11.8 Å². The van der Waals surface area contributed by atoms with E-state index >= 15 is 0 Å². The lowest BCUT2D eigenvalue weighted by atomic mass is 9.82. The Morgan fingerprint density at radius 3 is 1.02 bits per heavy atom. The van der Waals surface area contributed by atoms with E-state index in [1.807, 2.05) is 48.5 Å². The first kappa shape index (κ1) is 38.3. The van der Waals surface area contributed by atoms with Crippen LogP contribution >= 0.6 is 0 Å². The Balaban J connectivity index is 0.986. The van der Waals surface area contributed by atoms with Gasteiger partial charge in [-0.15, -0.1) is 0 Å². The molecule has 0 aromatic heterocycles. The van der Waals surface area contributed by atoms with Gasteiger partial charge in [0.05, 0.1) is 25.0 Å². The summed E-state index contributed by atoms with van der Waals surface area (Å²) in [6, 6.07) is 29.1. The lowest BCUT2D eigenvalue weighted by Gasteiger charge is -2.25. The Labute approximate surface area is 308 Å². The molecule has 8 nitrogen and oxygen atoms in total. The van der Waals surface area contributed by atoms with Crippen LogP contribution in [0.4, 0.5) is 0 Å². The maximum Gasteiger partial charge on any atom is 0.314 e. The molecule has 0 atom stereocenters. The van der Waals surface area contributed by atoms with Gasteiger partial charge >= 0.3 is 11.9 Å². The third kappa shape index (κ3) is 12.7. The minimum absolute atomic E-state index is 0.268. The van der Waals surface area contributed by atoms with E-state index in [1.54, 1.807) is 48.5 Å². The van der Waals surface area contributed by atoms with Crippen LogP contribution in [-0.4, -0.2) is 25.2 Å². The van der Waals surface area contributed by atoms with Crippen LogP contribution in [0.3, 0.4) is 0 Å². The van der Waals surface area contributed by atoms with Gasteiger partial charge < -0.3 is 28.4 Å². The van der Waals surface area contributed by atoms with E-state index in [0.717, 1.165) is 24.3 Å². The van der Waals surface area contributed by atoms with Crippen LogP contribution in [0.1, 0.15) is 90.9 Å². The normalized spacial score (nSPS) is 15.3. The maximum atomic E-state index is 12.9. The molecule has 1 fully saturated rings. The van der Waals surface area contributed by atoms with Gasteiger partial charge in [-0.25, -0.2) is 0 Å². The summed E-state index contributed by atoms with van der Waals surface area (Å²) < 4.78 is 34.8. The number of rotatable bonds is 20. The van der Waals surface area contributed by atoms with Crippen molar-refractivity contribution in [3.05, 3.63) is 97.1 Å². The third-order valence-corrected chi connectivity index (χ3v) is 9.13. The van der Waals surface area contributed by atoms with Gasteiger partial charge in [0.2, 0.25) is 0 Å². The lowest BCUT2D eigenvalue weighted by molar-refractivity contribution is -0.145. The second-order valence-electron chi connectivity index (χ2n) is 13.3. The molecule has 0 radical (unpaired) electrons. The molecule has 0 heterocycles. The van der Waals surface area contributed by atoms with Crippen molar-refractivity contribution in [1.82, 2.24) is 0 Å². The SMILES string of the molecule is CCCCCCOc1ccc(Oc2ccc(OC(=O)C3CCC(C(=O)Oc4ccc(Oc5ccc(OCCCCCC)cc5)cc4)CC3)cc2)cc1. The zero-order valence-electron chi connectivity index (χ0n) is 30.6. The number of carbonyl (C=O) groups excluding carboxylic acids is 2. The zero-order valence-corrected chi connectivity index (χ0v) is 30.6. The molecule has 8 heteroatoms. The molecule has 1 aliphatic carbocycles. The summed E-state index contributed by atoms with van der Waals surface area (Å²) in [5.74, 6) is 4.12. The van der Waals surface area contributed by atoms with Gasteiger partial charge in [-0.2, -0.15) is 0 Å². The largest absolute Gasteiger partial charge is 0.494 e. The Bertz CT molecular complexity index is 1500. The predicted octanol–water partition coefficient (Wildman–Crippen LogP) is 11.5. The molecule has 4 aromatic carbocycles. The second kappa shape index (κ2) is 20.8. The van der Waals surface area contributed by atoms with Crippen LogP contribution < -0.4 is 28.4 Å². The summed E-state index contributed by atoms with van der Waals surface area (Å²) in [5, 5.41) is 0. The highest BCUT2D eigenvalue weighted by molar-refractivity contribution is 5.78. The molecule has 4 aromatic rings. The van der Waals surface area contributed by atoms with Crippen molar-refractivity contribution in [3.8, 4) is 46.0 Å². The fourth-order valence-corrected chi connectivity index (χ4v) is 6.03. The monoisotopic (exact) mass is 708 g/mol. The van der Waals surface area contributed by atoms with Crippen molar-refractivity contribution < 1.29 is 38.0 Å². The number of unbranched alkanes of at least 4 members (excludes halogenated alkanes) is 6. The van der Waals surface area contributed by atoms with Gasteiger partial charge in [-0.3, -0.25) is 9.59 Å². The summed E-state index contributed by atoms with van der Waals surface area (Å²) in [5.41, 5.74) is 0. The Morgan fingerprint density at radius 1 is 0.423 bits per heavy atom. The highest BCUT2D eigenvalue weighted by Gasteiger charge is 2.32. The number of hydrogen-bond donors (Lipinski definition) is 0. The predicted molar refractivity (Wildman–Crippen MR) is 202 cm³/mol. The molecule has 0 spiro atoms. The number of ether oxygens (including phenoxy) is 6. The first-order valence-corrected chi connectivity index (χ1v) is 18.9. The minimum atomic E-state index is -0.286. The van der Waals surface area contributed by atoms with Gasteiger partial charge in [-0.05, 0) is 136 Å². The van der Waals surface area contributed by atoms with Gasteiger partial charge in [-0.1, -0.05) is 52.4 Å². The van der Waals surface area contributed by atoms with Crippen molar-refractivity contribution >= 4 is 11.9 Å². The molecule has 52 heavy (non-hydrogen) atoms. The van der Waals surface area contributed by atoms with Crippen molar-refractivity contribution in [1.29, 1.82) is 0 Å². The second-order valence-corrected chi connectivity index (χ2v) is 13.3. The van der Waals surface area contributed by atoms with E-state index in [1.165, 1.54) is 38.5 Å². The average molecular weight is 709 g/mol. The van der Waals surface area contributed by atoms with Gasteiger partial charge in [0.15, 0.2) is 0 Å². The number of hydrogen-bond acceptors (Lipinski definition) is 8. The number of carbonyl (C=O) groups is 2.